The van der Waals surface area contributed by atoms with Gasteiger partial charge in [0.1, 0.15) is 17.5 Å². The number of aromatic nitrogens is 2. The number of hydrogen-bond acceptors (Lipinski definition) is 4. The highest BCUT2D eigenvalue weighted by Gasteiger charge is 2.39. The molecule has 6 nitrogen and oxygen atoms in total. The summed E-state index contributed by atoms with van der Waals surface area (Å²) in [4.78, 5) is 33.6. The van der Waals surface area contributed by atoms with Crippen LogP contribution in [0.1, 0.15) is 25.7 Å². The molecule has 2 aliphatic rings. The van der Waals surface area contributed by atoms with Gasteiger partial charge < -0.3 is 15.0 Å². The second-order valence-corrected chi connectivity index (χ2v) is 7.56. The smallest absolute Gasteiger partial charge is 0.262 e. The highest BCUT2D eigenvalue weighted by atomic mass is 16.5. The van der Waals surface area contributed by atoms with Crippen LogP contribution < -0.4 is 5.32 Å². The zero-order valence-corrected chi connectivity index (χ0v) is 15.9. The number of carbonyl (C=O) groups excluding carboxylic acids is 2. The van der Waals surface area contributed by atoms with Crippen LogP contribution in [0.25, 0.3) is 22.4 Å². The van der Waals surface area contributed by atoms with E-state index >= 15 is 0 Å². The first kappa shape index (κ1) is 17.7. The topological polar surface area (TPSA) is 84.1 Å². The number of H-pyrrole nitrogens is 1. The van der Waals surface area contributed by atoms with Crippen molar-refractivity contribution in [2.24, 2.45) is 5.92 Å². The number of nitrogens with one attached hydrogen (secondary N) is 2. The molecule has 146 valence electrons. The van der Waals surface area contributed by atoms with Crippen molar-refractivity contribution in [1.29, 1.82) is 0 Å². The fourth-order valence-corrected chi connectivity index (χ4v) is 4.21. The maximum Gasteiger partial charge on any atom is 0.262 e. The highest BCUT2D eigenvalue weighted by molar-refractivity contribution is 6.24. The number of Topliss-reactive ketones (excluding diaryl/α,β-unsaturated/α-hetero) is 1. The molecular formula is C23H21N3O3. The molecule has 0 radical (unpaired) electrons. The van der Waals surface area contributed by atoms with E-state index in [-0.39, 0.29) is 23.4 Å². The normalized spacial score (nSPS) is 21.2. The number of para-hydroxylation sites is 3. The SMILES string of the molecule is O=C(Nc1ccccc1-c1nc2ccccc2[nH]1)C1=COC2CCCCC2C1=O. The van der Waals surface area contributed by atoms with E-state index in [4.69, 9.17) is 4.74 Å². The summed E-state index contributed by atoms with van der Waals surface area (Å²) in [7, 11) is 0. The number of aromatic amines is 1. The van der Waals surface area contributed by atoms with Gasteiger partial charge in [-0.3, -0.25) is 9.59 Å². The summed E-state index contributed by atoms with van der Waals surface area (Å²) >= 11 is 0. The summed E-state index contributed by atoms with van der Waals surface area (Å²) < 4.78 is 5.72. The number of ketones is 1. The van der Waals surface area contributed by atoms with Gasteiger partial charge in [0, 0.05) is 5.56 Å². The lowest BCUT2D eigenvalue weighted by Crippen LogP contribution is -2.39. The lowest BCUT2D eigenvalue weighted by Gasteiger charge is -2.33. The third-order valence-electron chi connectivity index (χ3n) is 5.73. The molecular weight excluding hydrogens is 366 g/mol. The Kier molecular flexibility index (Phi) is 4.39. The zero-order chi connectivity index (χ0) is 19.8. The first-order valence-corrected chi connectivity index (χ1v) is 9.96. The molecule has 0 saturated heterocycles. The Hall–Kier alpha value is -3.41. The number of ether oxygens (including phenoxy) is 1. The van der Waals surface area contributed by atoms with Crippen molar-refractivity contribution in [3.63, 3.8) is 0 Å². The van der Waals surface area contributed by atoms with Gasteiger partial charge in [-0.05, 0) is 43.5 Å². The van der Waals surface area contributed by atoms with E-state index in [1.165, 1.54) is 6.26 Å². The quantitative estimate of drug-likeness (QED) is 0.660. The average Bonchev–Trinajstić information content (AvgIpc) is 3.18. The van der Waals surface area contributed by atoms with E-state index in [1.807, 2.05) is 42.5 Å². The summed E-state index contributed by atoms with van der Waals surface area (Å²) in [6.45, 7) is 0. The molecule has 3 aromatic rings. The summed E-state index contributed by atoms with van der Waals surface area (Å²) in [5, 5.41) is 2.88. The Morgan fingerprint density at radius 1 is 1.07 bits per heavy atom. The monoisotopic (exact) mass is 387 g/mol. The summed E-state index contributed by atoms with van der Waals surface area (Å²) in [5.74, 6) is -0.1000. The second kappa shape index (κ2) is 7.20. The number of anilines is 1. The van der Waals surface area contributed by atoms with Gasteiger partial charge in [-0.1, -0.05) is 30.7 Å². The Morgan fingerprint density at radius 3 is 2.76 bits per heavy atom. The van der Waals surface area contributed by atoms with Crippen LogP contribution in [-0.4, -0.2) is 27.8 Å². The van der Waals surface area contributed by atoms with Gasteiger partial charge in [-0.15, -0.1) is 0 Å². The van der Waals surface area contributed by atoms with Gasteiger partial charge >= 0.3 is 0 Å². The predicted molar refractivity (Wildman–Crippen MR) is 110 cm³/mol. The van der Waals surface area contributed by atoms with E-state index in [1.54, 1.807) is 6.07 Å². The fourth-order valence-electron chi connectivity index (χ4n) is 4.21. The lowest BCUT2D eigenvalue weighted by molar-refractivity contribution is -0.129. The molecule has 0 spiro atoms. The number of hydrogen-bond donors (Lipinski definition) is 2. The largest absolute Gasteiger partial charge is 0.496 e. The van der Waals surface area contributed by atoms with Crippen LogP contribution in [0, 0.1) is 5.92 Å². The molecule has 2 atom stereocenters. The van der Waals surface area contributed by atoms with Crippen LogP contribution in [0.4, 0.5) is 5.69 Å². The van der Waals surface area contributed by atoms with Crippen molar-refractivity contribution in [3.8, 4) is 11.4 Å². The minimum Gasteiger partial charge on any atom is -0.496 e. The molecule has 1 amide bonds. The van der Waals surface area contributed by atoms with E-state index in [0.29, 0.717) is 11.5 Å². The Morgan fingerprint density at radius 2 is 1.86 bits per heavy atom. The molecule has 0 bridgehead atoms. The van der Waals surface area contributed by atoms with E-state index in [2.05, 4.69) is 15.3 Å². The number of rotatable bonds is 3. The highest BCUT2D eigenvalue weighted by Crippen LogP contribution is 2.34. The number of carbonyl (C=O) groups is 2. The first-order chi connectivity index (χ1) is 14.2. The van der Waals surface area contributed by atoms with Gasteiger partial charge in [0.15, 0.2) is 5.78 Å². The lowest BCUT2D eigenvalue weighted by atomic mass is 9.80. The first-order valence-electron chi connectivity index (χ1n) is 9.96. The molecule has 1 aliphatic carbocycles. The van der Waals surface area contributed by atoms with Gasteiger partial charge in [0.2, 0.25) is 0 Å². The van der Waals surface area contributed by atoms with Gasteiger partial charge in [0.05, 0.1) is 28.9 Å². The van der Waals surface area contributed by atoms with Crippen molar-refractivity contribution >= 4 is 28.4 Å². The van der Waals surface area contributed by atoms with Crippen molar-refractivity contribution in [3.05, 3.63) is 60.4 Å². The maximum atomic E-state index is 12.9. The molecule has 5 rings (SSSR count). The average molecular weight is 387 g/mol. The zero-order valence-electron chi connectivity index (χ0n) is 15.9. The number of benzene rings is 2. The molecule has 2 heterocycles. The molecule has 1 fully saturated rings. The molecule has 1 aliphatic heterocycles. The van der Waals surface area contributed by atoms with Crippen LogP contribution in [-0.2, 0) is 14.3 Å². The molecule has 6 heteroatoms. The van der Waals surface area contributed by atoms with Gasteiger partial charge in [-0.2, -0.15) is 0 Å². The summed E-state index contributed by atoms with van der Waals surface area (Å²) in [5.41, 5.74) is 3.22. The van der Waals surface area contributed by atoms with Crippen LogP contribution >= 0.6 is 0 Å². The van der Waals surface area contributed by atoms with Crippen molar-refractivity contribution in [1.82, 2.24) is 9.97 Å². The van der Waals surface area contributed by atoms with Crippen LogP contribution in [0.15, 0.2) is 60.4 Å². The van der Waals surface area contributed by atoms with Crippen molar-refractivity contribution < 1.29 is 14.3 Å². The second-order valence-electron chi connectivity index (χ2n) is 7.56. The summed E-state index contributed by atoms with van der Waals surface area (Å²) in [6, 6.07) is 15.2. The third-order valence-corrected chi connectivity index (χ3v) is 5.73. The van der Waals surface area contributed by atoms with E-state index in [9.17, 15) is 9.59 Å². The molecule has 2 N–H and O–H groups in total. The van der Waals surface area contributed by atoms with E-state index in [0.717, 1.165) is 42.3 Å². The van der Waals surface area contributed by atoms with Crippen LogP contribution in [0.2, 0.25) is 0 Å². The molecule has 29 heavy (non-hydrogen) atoms. The fraction of sp³-hybridized carbons (Fsp3) is 0.261. The Bertz CT molecular complexity index is 1100. The van der Waals surface area contributed by atoms with Gasteiger partial charge in [-0.25, -0.2) is 4.98 Å². The number of nitrogens with zero attached hydrogens (tertiary/aromatic N) is 1. The standard InChI is InChI=1S/C23H21N3O3/c27-21-15-8-2-6-12-20(15)29-13-16(21)23(28)26-17-9-3-1-7-14(17)22-24-18-10-4-5-11-19(18)25-22/h1,3-5,7,9-11,13,15,20H,2,6,8,12H2,(H,24,25)(H,26,28). The van der Waals surface area contributed by atoms with Gasteiger partial charge in [0.25, 0.3) is 5.91 Å². The minimum absolute atomic E-state index is 0.0874. The number of amides is 1. The van der Waals surface area contributed by atoms with Crippen molar-refractivity contribution in [2.45, 2.75) is 31.8 Å². The van der Waals surface area contributed by atoms with Crippen LogP contribution in [0.3, 0.4) is 0 Å². The molecule has 2 aromatic carbocycles. The van der Waals surface area contributed by atoms with Crippen molar-refractivity contribution in [2.75, 3.05) is 5.32 Å². The Balaban J connectivity index is 1.43. The maximum absolute atomic E-state index is 12.9. The number of fused-ring (bicyclic) bond motifs is 2. The molecule has 1 aromatic heterocycles. The predicted octanol–water partition coefficient (Wildman–Crippen LogP) is 4.21. The Labute approximate surface area is 168 Å². The van der Waals surface area contributed by atoms with Crippen LogP contribution in [0.5, 0.6) is 0 Å². The summed E-state index contributed by atoms with van der Waals surface area (Å²) in [6.07, 6.45) is 4.97. The van der Waals surface area contributed by atoms with E-state index < -0.39 is 5.91 Å². The molecule has 2 unspecified atom stereocenters. The minimum atomic E-state index is -0.442. The number of imidazole rings is 1. The third kappa shape index (κ3) is 3.20. The molecule has 1 saturated carbocycles.